The van der Waals surface area contributed by atoms with Crippen LogP contribution >= 0.6 is 0 Å². The lowest BCUT2D eigenvalue weighted by atomic mass is 9.42. The Bertz CT molecular complexity index is 753. The molecule has 1 heterocycles. The van der Waals surface area contributed by atoms with E-state index in [4.69, 9.17) is 0 Å². The third-order valence-electron chi connectivity index (χ3n) is 10.4. The molecule has 5 rings (SSSR count). The topological polar surface area (TPSA) is 66.4 Å². The monoisotopic (exact) mass is 413 g/mol. The molecule has 0 spiro atoms. The number of ketones is 2. The number of allylic oxidation sites excluding steroid dienone is 2. The van der Waals surface area contributed by atoms with Gasteiger partial charge in [-0.05, 0) is 93.5 Å². The van der Waals surface area contributed by atoms with Crippen LogP contribution in [0.5, 0.6) is 0 Å². The van der Waals surface area contributed by atoms with Crippen molar-refractivity contribution in [1.29, 1.82) is 0 Å². The van der Waals surface area contributed by atoms with Gasteiger partial charge < -0.3 is 10.4 Å². The zero-order valence-corrected chi connectivity index (χ0v) is 18.8. The van der Waals surface area contributed by atoms with E-state index in [1.54, 1.807) is 0 Å². The maximum absolute atomic E-state index is 13.8. The van der Waals surface area contributed by atoms with Crippen LogP contribution in [0, 0.1) is 46.3 Å². The smallest absolute Gasteiger partial charge is 0.142 e. The molecule has 2 unspecified atom stereocenters. The van der Waals surface area contributed by atoms with Gasteiger partial charge in [-0.3, -0.25) is 9.59 Å². The number of carbonyl (C=O) groups excluding carboxylic acids is 2. The van der Waals surface area contributed by atoms with Crippen LogP contribution in [0.25, 0.3) is 0 Å². The van der Waals surface area contributed by atoms with E-state index in [1.807, 2.05) is 0 Å². The van der Waals surface area contributed by atoms with E-state index < -0.39 is 0 Å². The Balaban J connectivity index is 1.42. The van der Waals surface area contributed by atoms with Gasteiger partial charge >= 0.3 is 0 Å². The molecule has 1 saturated heterocycles. The molecule has 0 aromatic heterocycles. The van der Waals surface area contributed by atoms with E-state index in [1.165, 1.54) is 12.0 Å². The molecule has 0 aromatic rings. The van der Waals surface area contributed by atoms with Crippen molar-refractivity contribution in [2.24, 2.45) is 46.3 Å². The van der Waals surface area contributed by atoms with Gasteiger partial charge in [0.2, 0.25) is 0 Å². The lowest BCUT2D eigenvalue weighted by Crippen LogP contribution is -2.60. The number of aliphatic hydroxyl groups excluding tert-OH is 1. The minimum Gasteiger partial charge on any atom is -0.396 e. The summed E-state index contributed by atoms with van der Waals surface area (Å²) in [5.41, 5.74) is 1.34. The molecular weight excluding hydrogens is 374 g/mol. The molecule has 0 radical (unpaired) electrons. The first-order valence-corrected chi connectivity index (χ1v) is 12.4. The minimum absolute atomic E-state index is 0.0105. The molecule has 4 aliphatic carbocycles. The fraction of sp³-hybridized carbons (Fsp3) is 0.846. The maximum Gasteiger partial charge on any atom is 0.142 e. The first-order chi connectivity index (χ1) is 14.4. The Morgan fingerprint density at radius 2 is 1.90 bits per heavy atom. The van der Waals surface area contributed by atoms with Crippen LogP contribution in [-0.2, 0) is 9.59 Å². The van der Waals surface area contributed by atoms with E-state index >= 15 is 0 Å². The zero-order valence-electron chi connectivity index (χ0n) is 18.8. The van der Waals surface area contributed by atoms with Gasteiger partial charge in [-0.15, -0.1) is 0 Å². The summed E-state index contributed by atoms with van der Waals surface area (Å²) in [5, 5.41) is 13.8. The molecule has 5 aliphatic rings. The summed E-state index contributed by atoms with van der Waals surface area (Å²) >= 11 is 0. The van der Waals surface area contributed by atoms with Gasteiger partial charge in [0.05, 0.1) is 6.61 Å². The summed E-state index contributed by atoms with van der Waals surface area (Å²) in [4.78, 5) is 26.4. The van der Waals surface area contributed by atoms with Crippen LogP contribution in [0.3, 0.4) is 0 Å². The summed E-state index contributed by atoms with van der Waals surface area (Å²) in [6.45, 7) is 6.78. The SMILES string of the molecule is C[C@]12CCC(=CCC3CCNC3)CC1[C@@H](CO)C(=O)[C@@H]1[C@@H]2CC[C@]2(C)C(=O)CC[C@@H]12. The number of Topliss-reactive ketones (excluding diaryl/α,β-unsaturated/α-hetero) is 2. The normalized spacial score (nSPS) is 49.8. The molecule has 1 aliphatic heterocycles. The Labute approximate surface area is 181 Å². The van der Waals surface area contributed by atoms with Gasteiger partial charge in [0, 0.05) is 23.7 Å². The average Bonchev–Trinajstić information content (AvgIpc) is 3.36. The molecule has 30 heavy (non-hydrogen) atoms. The molecule has 2 N–H and O–H groups in total. The van der Waals surface area contributed by atoms with Crippen molar-refractivity contribution >= 4 is 11.6 Å². The van der Waals surface area contributed by atoms with E-state index in [0.717, 1.165) is 64.0 Å². The van der Waals surface area contributed by atoms with Crippen molar-refractivity contribution in [3.05, 3.63) is 11.6 Å². The fourth-order valence-corrected chi connectivity index (χ4v) is 8.44. The number of fused-ring (bicyclic) bond motifs is 5. The van der Waals surface area contributed by atoms with Crippen LogP contribution in [-0.4, -0.2) is 36.4 Å². The molecular formula is C26H39NO3. The van der Waals surface area contributed by atoms with Gasteiger partial charge in [0.1, 0.15) is 11.6 Å². The number of nitrogens with one attached hydrogen (secondary N) is 1. The summed E-state index contributed by atoms with van der Waals surface area (Å²) < 4.78 is 0. The molecule has 166 valence electrons. The van der Waals surface area contributed by atoms with Gasteiger partial charge in [-0.25, -0.2) is 0 Å². The van der Waals surface area contributed by atoms with Gasteiger partial charge in [0.15, 0.2) is 0 Å². The third kappa shape index (κ3) is 3.00. The molecule has 4 nitrogen and oxygen atoms in total. The first-order valence-electron chi connectivity index (χ1n) is 12.4. The number of hydrogen-bond acceptors (Lipinski definition) is 4. The van der Waals surface area contributed by atoms with E-state index in [2.05, 4.69) is 25.2 Å². The Morgan fingerprint density at radius 3 is 2.63 bits per heavy atom. The molecule has 0 amide bonds. The van der Waals surface area contributed by atoms with E-state index in [0.29, 0.717) is 18.1 Å². The molecule has 5 fully saturated rings. The molecule has 0 bridgehead atoms. The molecule has 4 heteroatoms. The van der Waals surface area contributed by atoms with Gasteiger partial charge in [-0.2, -0.15) is 0 Å². The van der Waals surface area contributed by atoms with Gasteiger partial charge in [0.25, 0.3) is 0 Å². The standard InChI is InChI=1S/C26H39NO3/c1-25-10-7-16(3-4-17-9-12-27-14-17)13-21(25)18(15-28)24(30)23-19-5-6-22(29)26(19,2)11-8-20(23)25/h3,17-21,23,27-28H,4-15H2,1-2H3/t17?,18-,19+,20+,21?,23+,25-,26+/m1/s1. The highest BCUT2D eigenvalue weighted by atomic mass is 16.3. The predicted molar refractivity (Wildman–Crippen MR) is 117 cm³/mol. The van der Waals surface area contributed by atoms with Crippen LogP contribution in [0.4, 0.5) is 0 Å². The molecule has 0 aromatic carbocycles. The lowest BCUT2D eigenvalue weighted by molar-refractivity contribution is -0.167. The summed E-state index contributed by atoms with van der Waals surface area (Å²) in [5.74, 6) is 2.03. The van der Waals surface area contributed by atoms with Crippen molar-refractivity contribution in [1.82, 2.24) is 5.32 Å². The Hall–Kier alpha value is -1.00. The van der Waals surface area contributed by atoms with E-state index in [-0.39, 0.29) is 46.9 Å². The fourth-order valence-electron chi connectivity index (χ4n) is 8.44. The van der Waals surface area contributed by atoms with Crippen molar-refractivity contribution in [2.75, 3.05) is 19.7 Å². The summed E-state index contributed by atoms with van der Waals surface area (Å²) in [6.07, 6.45) is 11.6. The van der Waals surface area contributed by atoms with Crippen molar-refractivity contribution in [3.8, 4) is 0 Å². The Morgan fingerprint density at radius 1 is 1.07 bits per heavy atom. The second kappa shape index (κ2) is 7.55. The minimum atomic E-state index is -0.297. The molecule has 4 saturated carbocycles. The second-order valence-electron chi connectivity index (χ2n) is 11.6. The van der Waals surface area contributed by atoms with Crippen molar-refractivity contribution in [2.45, 2.75) is 71.6 Å². The average molecular weight is 414 g/mol. The van der Waals surface area contributed by atoms with E-state index in [9.17, 15) is 14.7 Å². The quantitative estimate of drug-likeness (QED) is 0.688. The third-order valence-corrected chi connectivity index (χ3v) is 10.4. The predicted octanol–water partition coefficient (Wildman–Crippen LogP) is 3.92. The zero-order chi connectivity index (χ0) is 21.1. The number of hydrogen-bond donors (Lipinski definition) is 2. The van der Waals surface area contributed by atoms with Crippen LogP contribution in [0.2, 0.25) is 0 Å². The first kappa shape index (κ1) is 20.9. The molecule has 8 atom stereocenters. The van der Waals surface area contributed by atoms with Crippen LogP contribution in [0.15, 0.2) is 11.6 Å². The summed E-state index contributed by atoms with van der Waals surface area (Å²) in [7, 11) is 0. The lowest BCUT2D eigenvalue weighted by Gasteiger charge is -2.60. The Kier molecular flexibility index (Phi) is 5.25. The summed E-state index contributed by atoms with van der Waals surface area (Å²) in [6, 6.07) is 0. The highest BCUT2D eigenvalue weighted by Gasteiger charge is 2.64. The largest absolute Gasteiger partial charge is 0.396 e. The maximum atomic E-state index is 13.8. The number of aliphatic hydroxyl groups is 1. The van der Waals surface area contributed by atoms with Gasteiger partial charge in [-0.1, -0.05) is 25.5 Å². The van der Waals surface area contributed by atoms with Crippen molar-refractivity contribution < 1.29 is 14.7 Å². The number of carbonyl (C=O) groups is 2. The second-order valence-corrected chi connectivity index (χ2v) is 11.6. The van der Waals surface area contributed by atoms with Crippen LogP contribution in [0.1, 0.15) is 71.6 Å². The number of rotatable bonds is 3. The van der Waals surface area contributed by atoms with Crippen LogP contribution < -0.4 is 5.32 Å². The highest BCUT2D eigenvalue weighted by molar-refractivity contribution is 5.91. The van der Waals surface area contributed by atoms with Crippen molar-refractivity contribution in [3.63, 3.8) is 0 Å². The highest BCUT2D eigenvalue weighted by Crippen LogP contribution is 2.66.